The summed E-state index contributed by atoms with van der Waals surface area (Å²) in [6, 6.07) is 2.38. The van der Waals surface area contributed by atoms with Gasteiger partial charge in [0.15, 0.2) is 0 Å². The van der Waals surface area contributed by atoms with Gasteiger partial charge in [0.05, 0.1) is 5.02 Å². The molecule has 0 aliphatic carbocycles. The Bertz CT molecular complexity index is 449. The minimum atomic E-state index is -1.47. The third-order valence-electron chi connectivity index (χ3n) is 2.71. The highest BCUT2D eigenvalue weighted by atomic mass is 35.5. The van der Waals surface area contributed by atoms with Crippen molar-refractivity contribution in [2.75, 3.05) is 0 Å². The number of hydrogen-bond donors (Lipinski definition) is 4. The van der Waals surface area contributed by atoms with E-state index in [-0.39, 0.29) is 34.9 Å². The Kier molecular flexibility index (Phi) is 3.85. The summed E-state index contributed by atoms with van der Waals surface area (Å²) in [6.45, 7) is 1.64. The summed E-state index contributed by atoms with van der Waals surface area (Å²) in [5.41, 5.74) is 4.48. The number of rotatable bonds is 4. The van der Waals surface area contributed by atoms with Crippen LogP contribution in [0.25, 0.3) is 0 Å². The topological polar surface area (TPSA) is 104 Å². The quantitative estimate of drug-likeness (QED) is 0.613. The lowest BCUT2D eigenvalue weighted by Crippen LogP contribution is -2.49. The van der Waals surface area contributed by atoms with E-state index in [0.717, 1.165) is 6.07 Å². The molecule has 17 heavy (non-hydrogen) atoms. The summed E-state index contributed by atoms with van der Waals surface area (Å²) in [4.78, 5) is 11.0. The molecule has 0 bridgehead atoms. The molecule has 0 unspecified atom stereocenters. The van der Waals surface area contributed by atoms with Crippen molar-refractivity contribution in [3.8, 4) is 11.5 Å². The van der Waals surface area contributed by atoms with E-state index in [4.69, 9.17) is 22.4 Å². The van der Waals surface area contributed by atoms with Crippen molar-refractivity contribution in [2.24, 2.45) is 5.73 Å². The Morgan fingerprint density at radius 1 is 1.41 bits per heavy atom. The number of hydrogen-bond acceptors (Lipinski definition) is 4. The number of carbonyl (C=O) groups is 1. The van der Waals surface area contributed by atoms with E-state index < -0.39 is 11.5 Å². The molecule has 0 aliphatic rings. The lowest BCUT2D eigenvalue weighted by molar-refractivity contribution is -0.143. The molecule has 0 aliphatic heterocycles. The maximum atomic E-state index is 11.0. The molecule has 5 nitrogen and oxygen atoms in total. The summed E-state index contributed by atoms with van der Waals surface area (Å²) in [5, 5.41) is 28.0. The van der Waals surface area contributed by atoms with Crippen molar-refractivity contribution < 1.29 is 20.1 Å². The first-order chi connectivity index (χ1) is 7.80. The number of halogens is 1. The average Bonchev–Trinajstić information content (AvgIpc) is 2.25. The van der Waals surface area contributed by atoms with Crippen LogP contribution in [-0.4, -0.2) is 26.8 Å². The van der Waals surface area contributed by atoms with Gasteiger partial charge in [0.2, 0.25) is 0 Å². The molecule has 1 atom stereocenters. The third kappa shape index (κ3) is 2.81. The average molecular weight is 260 g/mol. The van der Waals surface area contributed by atoms with E-state index in [1.807, 2.05) is 0 Å². The highest BCUT2D eigenvalue weighted by molar-refractivity contribution is 6.32. The van der Waals surface area contributed by atoms with Crippen LogP contribution in [0.1, 0.15) is 18.9 Å². The van der Waals surface area contributed by atoms with E-state index in [1.165, 1.54) is 6.07 Å². The van der Waals surface area contributed by atoms with Gasteiger partial charge >= 0.3 is 5.97 Å². The summed E-state index contributed by atoms with van der Waals surface area (Å²) < 4.78 is 0. The third-order valence-corrected chi connectivity index (χ3v) is 3.01. The molecular formula is C11H14ClNO4. The zero-order valence-electron chi connectivity index (χ0n) is 9.27. The fourth-order valence-electron chi connectivity index (χ4n) is 1.43. The van der Waals surface area contributed by atoms with Crippen LogP contribution in [0.3, 0.4) is 0 Å². The number of aromatic hydroxyl groups is 2. The van der Waals surface area contributed by atoms with E-state index in [2.05, 4.69) is 0 Å². The van der Waals surface area contributed by atoms with E-state index >= 15 is 0 Å². The zero-order valence-corrected chi connectivity index (χ0v) is 10.0. The summed E-state index contributed by atoms with van der Waals surface area (Å²) >= 11 is 5.60. The molecule has 0 amide bonds. The standard InChI is InChI=1S/C11H14ClNO4/c1-2-11(13,10(16)17)5-6-3-9(15)7(12)4-8(6)14/h3-4,14-15H,2,5,13H2,1H3,(H,16,17)/t11-/m0/s1. The second-order valence-corrected chi connectivity index (χ2v) is 4.33. The number of carboxylic acid groups (broad SMARTS) is 1. The molecule has 94 valence electrons. The van der Waals surface area contributed by atoms with Gasteiger partial charge in [0.1, 0.15) is 17.0 Å². The molecule has 0 radical (unpaired) electrons. The molecule has 5 N–H and O–H groups in total. The summed E-state index contributed by atoms with van der Waals surface area (Å²) in [7, 11) is 0. The monoisotopic (exact) mass is 259 g/mol. The van der Waals surface area contributed by atoms with Gasteiger partial charge in [0.25, 0.3) is 0 Å². The Labute approximate surface area is 103 Å². The van der Waals surface area contributed by atoms with Crippen LogP contribution < -0.4 is 5.73 Å². The molecule has 0 saturated heterocycles. The van der Waals surface area contributed by atoms with Crippen LogP contribution in [0.15, 0.2) is 12.1 Å². The van der Waals surface area contributed by atoms with Gasteiger partial charge in [-0.1, -0.05) is 18.5 Å². The minimum absolute atomic E-state index is 0.000643. The molecular weight excluding hydrogens is 246 g/mol. The van der Waals surface area contributed by atoms with E-state index in [9.17, 15) is 15.0 Å². The van der Waals surface area contributed by atoms with Gasteiger partial charge in [-0.2, -0.15) is 0 Å². The molecule has 0 aromatic heterocycles. The van der Waals surface area contributed by atoms with Crippen molar-refractivity contribution in [2.45, 2.75) is 25.3 Å². The number of aliphatic carboxylic acids is 1. The summed E-state index contributed by atoms with van der Waals surface area (Å²) in [5.74, 6) is -1.56. The van der Waals surface area contributed by atoms with Gasteiger partial charge < -0.3 is 21.1 Å². The van der Waals surface area contributed by atoms with Crippen molar-refractivity contribution in [3.05, 3.63) is 22.7 Å². The minimum Gasteiger partial charge on any atom is -0.508 e. The second-order valence-electron chi connectivity index (χ2n) is 3.92. The first kappa shape index (κ1) is 13.6. The van der Waals surface area contributed by atoms with Crippen molar-refractivity contribution in [3.63, 3.8) is 0 Å². The van der Waals surface area contributed by atoms with E-state index in [1.54, 1.807) is 6.92 Å². The Morgan fingerprint density at radius 3 is 2.47 bits per heavy atom. The summed E-state index contributed by atoms with van der Waals surface area (Å²) in [6.07, 6.45) is 0.112. The molecule has 0 spiro atoms. The van der Waals surface area contributed by atoms with Crippen LogP contribution in [0.2, 0.25) is 5.02 Å². The first-order valence-electron chi connectivity index (χ1n) is 5.03. The Balaban J connectivity index is 3.10. The Hall–Kier alpha value is -1.46. The van der Waals surface area contributed by atoms with Crippen LogP contribution >= 0.6 is 11.6 Å². The van der Waals surface area contributed by atoms with Gasteiger partial charge in [0, 0.05) is 18.1 Å². The van der Waals surface area contributed by atoms with Crippen LogP contribution in [0.4, 0.5) is 0 Å². The van der Waals surface area contributed by atoms with Crippen molar-refractivity contribution in [1.29, 1.82) is 0 Å². The second kappa shape index (κ2) is 4.81. The number of carboxylic acids is 1. The first-order valence-corrected chi connectivity index (χ1v) is 5.40. The van der Waals surface area contributed by atoms with Crippen molar-refractivity contribution in [1.82, 2.24) is 0 Å². The van der Waals surface area contributed by atoms with Gasteiger partial charge in [-0.3, -0.25) is 4.79 Å². The molecule has 1 aromatic rings. The molecule has 1 aromatic carbocycles. The number of benzene rings is 1. The van der Waals surface area contributed by atoms with Gasteiger partial charge in [-0.05, 0) is 12.5 Å². The predicted octanol–water partition coefficient (Wildman–Crippen LogP) is 1.49. The van der Waals surface area contributed by atoms with E-state index in [0.29, 0.717) is 0 Å². The predicted molar refractivity (Wildman–Crippen MR) is 63.3 cm³/mol. The highest BCUT2D eigenvalue weighted by Gasteiger charge is 2.33. The van der Waals surface area contributed by atoms with Crippen LogP contribution in [0, 0.1) is 0 Å². The molecule has 6 heteroatoms. The fraction of sp³-hybridized carbons (Fsp3) is 0.364. The maximum absolute atomic E-state index is 11.0. The fourth-order valence-corrected chi connectivity index (χ4v) is 1.59. The molecule has 0 saturated carbocycles. The lowest BCUT2D eigenvalue weighted by Gasteiger charge is -2.23. The largest absolute Gasteiger partial charge is 0.508 e. The molecule has 1 rings (SSSR count). The number of nitrogens with two attached hydrogens (primary N) is 1. The molecule has 0 fully saturated rings. The number of phenols is 2. The van der Waals surface area contributed by atoms with Crippen LogP contribution in [-0.2, 0) is 11.2 Å². The SMILES string of the molecule is CC[C@](N)(Cc1cc(O)c(Cl)cc1O)C(=O)O. The van der Waals surface area contributed by atoms with Gasteiger partial charge in [-0.15, -0.1) is 0 Å². The van der Waals surface area contributed by atoms with Crippen molar-refractivity contribution >= 4 is 17.6 Å². The van der Waals surface area contributed by atoms with Crippen LogP contribution in [0.5, 0.6) is 11.5 Å². The normalized spacial score (nSPS) is 14.3. The smallest absolute Gasteiger partial charge is 0.324 e. The Morgan fingerprint density at radius 2 is 2.00 bits per heavy atom. The van der Waals surface area contributed by atoms with Gasteiger partial charge in [-0.25, -0.2) is 0 Å². The number of phenolic OH excluding ortho intramolecular Hbond substituents is 2. The maximum Gasteiger partial charge on any atom is 0.324 e. The zero-order chi connectivity index (χ0) is 13.2. The lowest BCUT2D eigenvalue weighted by atomic mass is 9.89. The highest BCUT2D eigenvalue weighted by Crippen LogP contribution is 2.33. The molecule has 0 heterocycles.